The number of carbonyl (C=O) groups excluding carboxylic acids is 1. The second-order valence-corrected chi connectivity index (χ2v) is 5.12. The average molecular weight is 247 g/mol. The molecule has 0 radical (unpaired) electrons. The van der Waals surface area contributed by atoms with E-state index in [1.807, 2.05) is 31.2 Å². The molecule has 0 saturated carbocycles. The Bertz CT molecular complexity index is 422. The van der Waals surface area contributed by atoms with Crippen LogP contribution in [-0.2, 0) is 16.0 Å². The van der Waals surface area contributed by atoms with Gasteiger partial charge in [0.2, 0.25) is 0 Å². The smallest absolute Gasteiger partial charge is 0.144 e. The molecule has 1 aromatic carbocycles. The zero-order chi connectivity index (χ0) is 13.0. The summed E-state index contributed by atoms with van der Waals surface area (Å²) in [6.45, 7) is 3.77. The van der Waals surface area contributed by atoms with Gasteiger partial charge < -0.3 is 10.5 Å². The van der Waals surface area contributed by atoms with E-state index in [0.29, 0.717) is 26.2 Å². The Morgan fingerprint density at radius 1 is 1.33 bits per heavy atom. The molecule has 0 unspecified atom stereocenters. The van der Waals surface area contributed by atoms with E-state index in [9.17, 15) is 4.79 Å². The lowest BCUT2D eigenvalue weighted by atomic mass is 9.74. The number of ether oxygens (including phenoxy) is 1. The van der Waals surface area contributed by atoms with Gasteiger partial charge in [-0.05, 0) is 30.9 Å². The lowest BCUT2D eigenvalue weighted by molar-refractivity contribution is -0.132. The summed E-state index contributed by atoms with van der Waals surface area (Å²) in [7, 11) is 0. The Labute approximate surface area is 108 Å². The van der Waals surface area contributed by atoms with Crippen molar-refractivity contribution in [3.05, 3.63) is 35.4 Å². The SMILES string of the molecule is Cc1ccccc1CC(=O)C1(CN)CCOCC1. The van der Waals surface area contributed by atoms with Gasteiger partial charge in [0.15, 0.2) is 0 Å². The molecule has 3 heteroatoms. The molecular formula is C15H21NO2. The highest BCUT2D eigenvalue weighted by Gasteiger charge is 2.38. The third-order valence-corrected chi connectivity index (χ3v) is 4.04. The van der Waals surface area contributed by atoms with Gasteiger partial charge in [-0.25, -0.2) is 0 Å². The van der Waals surface area contributed by atoms with Crippen LogP contribution in [0.2, 0.25) is 0 Å². The Morgan fingerprint density at radius 2 is 2.00 bits per heavy atom. The molecule has 0 atom stereocenters. The third kappa shape index (κ3) is 2.62. The molecule has 1 aromatic rings. The van der Waals surface area contributed by atoms with Crippen molar-refractivity contribution in [2.24, 2.45) is 11.1 Å². The predicted octanol–water partition coefficient (Wildman–Crippen LogP) is 1.86. The number of Topliss-reactive ketones (excluding diaryl/α,β-unsaturated/α-hetero) is 1. The van der Waals surface area contributed by atoms with Gasteiger partial charge in [-0.1, -0.05) is 24.3 Å². The van der Waals surface area contributed by atoms with Gasteiger partial charge in [0.25, 0.3) is 0 Å². The Balaban J connectivity index is 2.13. The molecule has 1 heterocycles. The molecular weight excluding hydrogens is 226 g/mol. The summed E-state index contributed by atoms with van der Waals surface area (Å²) in [6, 6.07) is 8.05. The van der Waals surface area contributed by atoms with Crippen molar-refractivity contribution in [1.29, 1.82) is 0 Å². The molecule has 0 aromatic heterocycles. The van der Waals surface area contributed by atoms with Crippen molar-refractivity contribution in [2.75, 3.05) is 19.8 Å². The van der Waals surface area contributed by atoms with Crippen LogP contribution in [0.15, 0.2) is 24.3 Å². The number of carbonyl (C=O) groups is 1. The van der Waals surface area contributed by atoms with E-state index in [1.165, 1.54) is 5.56 Å². The van der Waals surface area contributed by atoms with Crippen molar-refractivity contribution in [3.63, 3.8) is 0 Å². The molecule has 1 fully saturated rings. The van der Waals surface area contributed by atoms with Crippen LogP contribution in [0.5, 0.6) is 0 Å². The maximum absolute atomic E-state index is 12.5. The van der Waals surface area contributed by atoms with Crippen molar-refractivity contribution in [1.82, 2.24) is 0 Å². The van der Waals surface area contributed by atoms with Crippen molar-refractivity contribution >= 4 is 5.78 Å². The van der Waals surface area contributed by atoms with Crippen molar-refractivity contribution < 1.29 is 9.53 Å². The average Bonchev–Trinajstić information content (AvgIpc) is 2.42. The summed E-state index contributed by atoms with van der Waals surface area (Å²) in [5.74, 6) is 0.266. The van der Waals surface area contributed by atoms with Crippen LogP contribution in [0.4, 0.5) is 0 Å². The molecule has 1 aliphatic heterocycles. The second-order valence-electron chi connectivity index (χ2n) is 5.12. The minimum atomic E-state index is -0.361. The number of rotatable bonds is 4. The molecule has 3 nitrogen and oxygen atoms in total. The highest BCUT2D eigenvalue weighted by Crippen LogP contribution is 2.31. The molecule has 2 N–H and O–H groups in total. The molecule has 0 aliphatic carbocycles. The van der Waals surface area contributed by atoms with Crippen molar-refractivity contribution in [2.45, 2.75) is 26.2 Å². The molecule has 18 heavy (non-hydrogen) atoms. The molecule has 2 rings (SSSR count). The maximum atomic E-state index is 12.5. The first-order valence-corrected chi connectivity index (χ1v) is 6.53. The fourth-order valence-electron chi connectivity index (χ4n) is 2.53. The van der Waals surface area contributed by atoms with Crippen LogP contribution in [0.25, 0.3) is 0 Å². The van der Waals surface area contributed by atoms with Gasteiger partial charge >= 0.3 is 0 Å². The van der Waals surface area contributed by atoms with Crippen LogP contribution in [0.3, 0.4) is 0 Å². The number of hydrogen-bond acceptors (Lipinski definition) is 3. The summed E-state index contributed by atoms with van der Waals surface area (Å²) >= 11 is 0. The maximum Gasteiger partial charge on any atom is 0.144 e. The molecule has 0 amide bonds. The lowest BCUT2D eigenvalue weighted by Gasteiger charge is -2.34. The number of benzene rings is 1. The van der Waals surface area contributed by atoms with Gasteiger partial charge in [0.05, 0.1) is 0 Å². The van der Waals surface area contributed by atoms with E-state index in [4.69, 9.17) is 10.5 Å². The molecule has 98 valence electrons. The van der Waals surface area contributed by atoms with Gasteiger partial charge in [0, 0.05) is 31.6 Å². The molecule has 1 saturated heterocycles. The Kier molecular flexibility index (Phi) is 4.15. The normalized spacial score (nSPS) is 18.6. The number of ketones is 1. The number of aryl methyl sites for hydroxylation is 1. The van der Waals surface area contributed by atoms with Gasteiger partial charge in [-0.2, -0.15) is 0 Å². The van der Waals surface area contributed by atoms with E-state index in [2.05, 4.69) is 0 Å². The quantitative estimate of drug-likeness (QED) is 0.883. The van der Waals surface area contributed by atoms with Crippen LogP contribution < -0.4 is 5.73 Å². The highest BCUT2D eigenvalue weighted by atomic mass is 16.5. The third-order valence-electron chi connectivity index (χ3n) is 4.04. The Hall–Kier alpha value is -1.19. The molecule has 0 bridgehead atoms. The summed E-state index contributed by atoms with van der Waals surface area (Å²) in [5, 5.41) is 0. The van der Waals surface area contributed by atoms with Gasteiger partial charge in [-0.15, -0.1) is 0 Å². The summed E-state index contributed by atoms with van der Waals surface area (Å²) < 4.78 is 5.34. The van der Waals surface area contributed by atoms with E-state index in [0.717, 1.165) is 18.4 Å². The first kappa shape index (κ1) is 13.2. The monoisotopic (exact) mass is 247 g/mol. The van der Waals surface area contributed by atoms with Gasteiger partial charge in [0.1, 0.15) is 5.78 Å². The van der Waals surface area contributed by atoms with Crippen molar-refractivity contribution in [3.8, 4) is 0 Å². The zero-order valence-electron chi connectivity index (χ0n) is 10.9. The number of nitrogens with two attached hydrogens (primary N) is 1. The van der Waals surface area contributed by atoms with Crippen LogP contribution >= 0.6 is 0 Å². The fraction of sp³-hybridized carbons (Fsp3) is 0.533. The fourth-order valence-corrected chi connectivity index (χ4v) is 2.53. The summed E-state index contributed by atoms with van der Waals surface area (Å²) in [6.07, 6.45) is 2.01. The van der Waals surface area contributed by atoms with Gasteiger partial charge in [-0.3, -0.25) is 4.79 Å². The predicted molar refractivity (Wildman–Crippen MR) is 71.4 cm³/mol. The molecule has 0 spiro atoms. The van der Waals surface area contributed by atoms with E-state index in [1.54, 1.807) is 0 Å². The first-order valence-electron chi connectivity index (χ1n) is 6.53. The second kappa shape index (κ2) is 5.63. The Morgan fingerprint density at radius 3 is 2.61 bits per heavy atom. The lowest BCUT2D eigenvalue weighted by Crippen LogP contribution is -2.44. The topological polar surface area (TPSA) is 52.3 Å². The van der Waals surface area contributed by atoms with E-state index >= 15 is 0 Å². The largest absolute Gasteiger partial charge is 0.381 e. The highest BCUT2D eigenvalue weighted by molar-refractivity contribution is 5.87. The minimum Gasteiger partial charge on any atom is -0.381 e. The van der Waals surface area contributed by atoms with Crippen LogP contribution in [-0.4, -0.2) is 25.5 Å². The van der Waals surface area contributed by atoms with E-state index < -0.39 is 0 Å². The summed E-state index contributed by atoms with van der Waals surface area (Å²) in [4.78, 5) is 12.5. The first-order chi connectivity index (χ1) is 8.68. The van der Waals surface area contributed by atoms with Crippen LogP contribution in [0, 0.1) is 12.3 Å². The van der Waals surface area contributed by atoms with E-state index in [-0.39, 0.29) is 11.2 Å². The standard InChI is InChI=1S/C15H21NO2/c1-12-4-2-3-5-13(12)10-14(17)15(11-16)6-8-18-9-7-15/h2-5H,6-11,16H2,1H3. The number of hydrogen-bond donors (Lipinski definition) is 1. The minimum absolute atomic E-state index is 0.266. The van der Waals surface area contributed by atoms with Crippen LogP contribution in [0.1, 0.15) is 24.0 Å². The zero-order valence-corrected chi connectivity index (χ0v) is 10.9. The molecule has 1 aliphatic rings. The summed E-state index contributed by atoms with van der Waals surface area (Å²) in [5.41, 5.74) is 7.78.